The van der Waals surface area contributed by atoms with E-state index in [-0.39, 0.29) is 18.0 Å². The second-order valence-corrected chi connectivity index (χ2v) is 6.60. The van der Waals surface area contributed by atoms with Crippen molar-refractivity contribution in [2.45, 2.75) is 38.8 Å². The number of hydrogen-bond donors (Lipinski definition) is 1. The summed E-state index contributed by atoms with van der Waals surface area (Å²) in [5, 5.41) is 1.16. The number of carbonyl (C=O) groups is 1. The third-order valence-electron chi connectivity index (χ3n) is 3.60. The van der Waals surface area contributed by atoms with Gasteiger partial charge in [-0.25, -0.2) is 0 Å². The first-order valence-electron chi connectivity index (χ1n) is 6.90. The molecule has 2 rings (SSSR count). The van der Waals surface area contributed by atoms with Crippen LogP contribution in [0.5, 0.6) is 0 Å². The Labute approximate surface area is 130 Å². The highest BCUT2D eigenvalue weighted by atomic mass is 35.5. The van der Waals surface area contributed by atoms with Crippen molar-refractivity contribution >= 4 is 29.1 Å². The predicted molar refractivity (Wildman–Crippen MR) is 83.0 cm³/mol. The molecule has 5 heteroatoms. The van der Waals surface area contributed by atoms with Crippen molar-refractivity contribution in [3.63, 3.8) is 0 Å². The minimum absolute atomic E-state index is 0.0925. The van der Waals surface area contributed by atoms with E-state index in [1.165, 1.54) is 0 Å². The highest BCUT2D eigenvalue weighted by Gasteiger charge is 2.36. The second kappa shape index (κ2) is 6.33. The average Bonchev–Trinajstić information content (AvgIpc) is 2.35. The summed E-state index contributed by atoms with van der Waals surface area (Å²) >= 11 is 12.2. The summed E-state index contributed by atoms with van der Waals surface area (Å²) in [5.41, 5.74) is 7.15. The van der Waals surface area contributed by atoms with E-state index in [2.05, 4.69) is 13.8 Å². The Bertz CT molecular complexity index is 505. The van der Waals surface area contributed by atoms with Crippen molar-refractivity contribution in [2.75, 3.05) is 6.54 Å². The van der Waals surface area contributed by atoms with Gasteiger partial charge in [0.2, 0.25) is 5.91 Å². The fourth-order valence-electron chi connectivity index (χ4n) is 2.73. The number of hydrogen-bond acceptors (Lipinski definition) is 2. The number of nitrogens with two attached hydrogens (primary N) is 1. The molecule has 0 spiro atoms. The molecule has 1 fully saturated rings. The van der Waals surface area contributed by atoms with Gasteiger partial charge in [-0.05, 0) is 30.0 Å². The highest BCUT2D eigenvalue weighted by Crippen LogP contribution is 2.36. The fourth-order valence-corrected chi connectivity index (χ4v) is 3.25. The zero-order valence-corrected chi connectivity index (χ0v) is 13.3. The zero-order valence-electron chi connectivity index (χ0n) is 11.8. The molecule has 0 bridgehead atoms. The minimum atomic E-state index is -0.164. The smallest absolute Gasteiger partial charge is 0.223 e. The van der Waals surface area contributed by atoms with E-state index >= 15 is 0 Å². The number of benzene rings is 1. The second-order valence-electron chi connectivity index (χ2n) is 5.75. The molecule has 2 unspecified atom stereocenters. The van der Waals surface area contributed by atoms with Crippen LogP contribution in [0.3, 0.4) is 0 Å². The van der Waals surface area contributed by atoms with Gasteiger partial charge in [0.05, 0.1) is 6.04 Å². The molecular formula is C15H20Cl2N2O. The molecule has 1 aromatic carbocycles. The highest BCUT2D eigenvalue weighted by molar-refractivity contribution is 6.35. The maximum atomic E-state index is 12.2. The lowest BCUT2D eigenvalue weighted by Gasteiger charge is -2.41. The average molecular weight is 315 g/mol. The number of halogens is 2. The van der Waals surface area contributed by atoms with E-state index < -0.39 is 0 Å². The molecule has 1 aliphatic heterocycles. The summed E-state index contributed by atoms with van der Waals surface area (Å²) in [5.74, 6) is 0.536. The number of amides is 1. The quantitative estimate of drug-likeness (QED) is 0.925. The van der Waals surface area contributed by atoms with Crippen LogP contribution in [0.15, 0.2) is 18.2 Å². The summed E-state index contributed by atoms with van der Waals surface area (Å²) in [6.07, 6.45) is 1.20. The van der Waals surface area contributed by atoms with Crippen molar-refractivity contribution in [2.24, 2.45) is 11.7 Å². The number of nitrogens with zero attached hydrogens (tertiary/aromatic N) is 1. The lowest BCUT2D eigenvalue weighted by atomic mass is 9.89. The Morgan fingerprint density at radius 2 is 2.10 bits per heavy atom. The first kappa shape index (κ1) is 15.6. The van der Waals surface area contributed by atoms with E-state index in [1.807, 2.05) is 11.0 Å². The van der Waals surface area contributed by atoms with Crippen LogP contribution in [-0.4, -0.2) is 23.4 Å². The van der Waals surface area contributed by atoms with Crippen molar-refractivity contribution in [1.29, 1.82) is 0 Å². The van der Waals surface area contributed by atoms with Gasteiger partial charge in [0, 0.05) is 29.1 Å². The monoisotopic (exact) mass is 314 g/mol. The van der Waals surface area contributed by atoms with Crippen LogP contribution in [0.2, 0.25) is 10.0 Å². The molecule has 2 N–H and O–H groups in total. The maximum Gasteiger partial charge on any atom is 0.223 e. The summed E-state index contributed by atoms with van der Waals surface area (Å²) in [6, 6.07) is 5.12. The summed E-state index contributed by atoms with van der Waals surface area (Å²) in [6.45, 7) is 4.87. The van der Waals surface area contributed by atoms with Gasteiger partial charge in [-0.2, -0.15) is 0 Å². The Hall–Kier alpha value is -0.770. The number of likely N-dealkylation sites (tertiary alicyclic amines) is 1. The van der Waals surface area contributed by atoms with Crippen LogP contribution in [0.4, 0.5) is 0 Å². The summed E-state index contributed by atoms with van der Waals surface area (Å²) in [7, 11) is 0. The minimum Gasteiger partial charge on any atom is -0.334 e. The molecule has 1 heterocycles. The molecule has 1 saturated heterocycles. The molecule has 0 saturated carbocycles. The zero-order chi connectivity index (χ0) is 14.9. The van der Waals surface area contributed by atoms with E-state index in [9.17, 15) is 4.79 Å². The normalized spacial score (nSPS) is 23.5. The Balaban J connectivity index is 2.39. The third kappa shape index (κ3) is 3.27. The van der Waals surface area contributed by atoms with Crippen molar-refractivity contribution in [3.05, 3.63) is 33.8 Å². The van der Waals surface area contributed by atoms with Crippen LogP contribution in [0, 0.1) is 5.92 Å². The van der Waals surface area contributed by atoms with Gasteiger partial charge >= 0.3 is 0 Å². The lowest BCUT2D eigenvalue weighted by molar-refractivity contribution is -0.138. The first-order chi connectivity index (χ1) is 9.40. The SMILES string of the molecule is CC(C)CN1C(=O)CCC(N)C1c1ccc(Cl)cc1Cl. The molecular weight excluding hydrogens is 295 g/mol. The molecule has 1 aliphatic rings. The molecule has 1 aromatic rings. The first-order valence-corrected chi connectivity index (χ1v) is 7.65. The Morgan fingerprint density at radius 1 is 1.40 bits per heavy atom. The van der Waals surface area contributed by atoms with Crippen molar-refractivity contribution in [3.8, 4) is 0 Å². The number of piperidine rings is 1. The van der Waals surface area contributed by atoms with Crippen LogP contribution in [-0.2, 0) is 4.79 Å². The van der Waals surface area contributed by atoms with Gasteiger partial charge in [-0.1, -0.05) is 43.1 Å². The van der Waals surface area contributed by atoms with Crippen LogP contribution >= 0.6 is 23.2 Å². The van der Waals surface area contributed by atoms with Gasteiger partial charge in [-0.3, -0.25) is 4.79 Å². The molecule has 0 aliphatic carbocycles. The van der Waals surface area contributed by atoms with Crippen LogP contribution < -0.4 is 5.73 Å². The van der Waals surface area contributed by atoms with Gasteiger partial charge in [-0.15, -0.1) is 0 Å². The van der Waals surface area contributed by atoms with Gasteiger partial charge in [0.25, 0.3) is 0 Å². The molecule has 1 amide bonds. The molecule has 2 atom stereocenters. The van der Waals surface area contributed by atoms with E-state index in [0.717, 1.165) is 5.56 Å². The summed E-state index contributed by atoms with van der Waals surface area (Å²) in [4.78, 5) is 14.1. The predicted octanol–water partition coefficient (Wildman–Crippen LogP) is 3.64. The molecule has 110 valence electrons. The summed E-state index contributed by atoms with van der Waals surface area (Å²) < 4.78 is 0. The lowest BCUT2D eigenvalue weighted by Crippen LogP contribution is -2.50. The fraction of sp³-hybridized carbons (Fsp3) is 0.533. The topological polar surface area (TPSA) is 46.3 Å². The molecule has 3 nitrogen and oxygen atoms in total. The van der Waals surface area contributed by atoms with Crippen LogP contribution in [0.25, 0.3) is 0 Å². The molecule has 20 heavy (non-hydrogen) atoms. The standard InChI is InChI=1S/C15H20Cl2N2O/c1-9(2)8-19-14(20)6-5-13(18)15(19)11-4-3-10(16)7-12(11)17/h3-4,7,9,13,15H,5-6,8,18H2,1-2H3. The molecule has 0 radical (unpaired) electrons. The largest absolute Gasteiger partial charge is 0.334 e. The van der Waals surface area contributed by atoms with E-state index in [1.54, 1.807) is 12.1 Å². The number of rotatable bonds is 3. The van der Waals surface area contributed by atoms with Gasteiger partial charge < -0.3 is 10.6 Å². The van der Waals surface area contributed by atoms with E-state index in [0.29, 0.717) is 35.3 Å². The Morgan fingerprint density at radius 3 is 2.70 bits per heavy atom. The van der Waals surface area contributed by atoms with Crippen molar-refractivity contribution in [1.82, 2.24) is 4.90 Å². The number of carbonyl (C=O) groups excluding carboxylic acids is 1. The van der Waals surface area contributed by atoms with Gasteiger partial charge in [0.15, 0.2) is 0 Å². The maximum absolute atomic E-state index is 12.2. The van der Waals surface area contributed by atoms with Crippen LogP contribution in [0.1, 0.15) is 38.3 Å². The Kier molecular flexibility index (Phi) is 4.95. The van der Waals surface area contributed by atoms with E-state index in [4.69, 9.17) is 28.9 Å². The molecule has 0 aromatic heterocycles. The van der Waals surface area contributed by atoms with Crippen molar-refractivity contribution < 1.29 is 4.79 Å². The van der Waals surface area contributed by atoms with Gasteiger partial charge in [0.1, 0.15) is 0 Å². The third-order valence-corrected chi connectivity index (χ3v) is 4.16.